The van der Waals surface area contributed by atoms with E-state index in [1.807, 2.05) is 0 Å². The van der Waals surface area contributed by atoms with Gasteiger partial charge in [-0.3, -0.25) is 4.79 Å². The molecule has 1 N–H and O–H groups in total. The molecule has 0 fully saturated rings. The molecule has 0 aromatic carbocycles. The molecule has 0 rings (SSSR count). The zero-order valence-corrected chi connectivity index (χ0v) is 8.10. The summed E-state index contributed by atoms with van der Waals surface area (Å²) in [5.41, 5.74) is 0.490. The van der Waals surface area contributed by atoms with Gasteiger partial charge in [0.05, 0.1) is 6.42 Å². The maximum absolute atomic E-state index is 10.2. The van der Waals surface area contributed by atoms with Crippen LogP contribution in [0.2, 0.25) is 0 Å². The Morgan fingerprint density at radius 1 is 1.46 bits per heavy atom. The highest BCUT2D eigenvalue weighted by Crippen LogP contribution is 1.99. The van der Waals surface area contributed by atoms with Gasteiger partial charge in [-0.2, -0.15) is 0 Å². The van der Waals surface area contributed by atoms with E-state index < -0.39 is 5.97 Å². The lowest BCUT2D eigenvalue weighted by atomic mass is 10.2. The Morgan fingerprint density at radius 2 is 2.15 bits per heavy atom. The van der Waals surface area contributed by atoms with Crippen LogP contribution in [0.25, 0.3) is 0 Å². The van der Waals surface area contributed by atoms with Gasteiger partial charge < -0.3 is 5.11 Å². The van der Waals surface area contributed by atoms with Crippen molar-refractivity contribution in [1.82, 2.24) is 0 Å². The Morgan fingerprint density at radius 3 is 2.69 bits per heavy atom. The van der Waals surface area contributed by atoms with Crippen LogP contribution in [0.4, 0.5) is 0 Å². The van der Waals surface area contributed by atoms with Crippen molar-refractivity contribution >= 4 is 5.97 Å². The lowest BCUT2D eigenvalue weighted by Gasteiger charge is -1.90. The first-order valence-electron chi connectivity index (χ1n) is 4.55. The molecule has 0 spiro atoms. The summed E-state index contributed by atoms with van der Waals surface area (Å²) in [6.45, 7) is 5.69. The van der Waals surface area contributed by atoms with Gasteiger partial charge in [-0.1, -0.05) is 38.2 Å². The minimum Gasteiger partial charge on any atom is -0.481 e. The molecule has 0 aromatic rings. The second-order valence-electron chi connectivity index (χ2n) is 2.93. The Hall–Kier alpha value is -1.23. The third-order valence-electron chi connectivity index (χ3n) is 1.54. The molecule has 0 aliphatic carbocycles. The second kappa shape index (κ2) is 7.42. The molecular formula is C11H16O2. The van der Waals surface area contributed by atoms with E-state index in [0.717, 1.165) is 12.8 Å². The van der Waals surface area contributed by atoms with Crippen molar-refractivity contribution in [2.24, 2.45) is 0 Å². The first-order chi connectivity index (χ1) is 6.16. The smallest absolute Gasteiger partial charge is 0.308 e. The topological polar surface area (TPSA) is 37.3 Å². The van der Waals surface area contributed by atoms with Gasteiger partial charge in [-0.15, -0.1) is 0 Å². The number of rotatable bonds is 5. The van der Waals surface area contributed by atoms with Crippen LogP contribution in [0, 0.1) is 11.8 Å². The third kappa shape index (κ3) is 8.68. The van der Waals surface area contributed by atoms with Gasteiger partial charge in [-0.25, -0.2) is 0 Å². The Labute approximate surface area is 79.7 Å². The van der Waals surface area contributed by atoms with Crippen LogP contribution < -0.4 is 0 Å². The molecule has 0 amide bonds. The summed E-state index contributed by atoms with van der Waals surface area (Å²) in [7, 11) is 0. The summed E-state index contributed by atoms with van der Waals surface area (Å²) in [5, 5.41) is 8.40. The minimum atomic E-state index is -0.868. The fourth-order valence-corrected chi connectivity index (χ4v) is 0.878. The van der Waals surface area contributed by atoms with Gasteiger partial charge in [-0.05, 0) is 6.42 Å². The molecular weight excluding hydrogens is 164 g/mol. The van der Waals surface area contributed by atoms with Crippen molar-refractivity contribution in [3.63, 3.8) is 0 Å². The lowest BCUT2D eigenvalue weighted by Crippen LogP contribution is -1.94. The average molecular weight is 180 g/mol. The van der Waals surface area contributed by atoms with E-state index in [0.29, 0.717) is 5.57 Å². The van der Waals surface area contributed by atoms with Gasteiger partial charge in [0.1, 0.15) is 0 Å². The number of hydrogen-bond acceptors (Lipinski definition) is 1. The van der Waals surface area contributed by atoms with Crippen LogP contribution in [0.5, 0.6) is 0 Å². The number of carboxylic acid groups (broad SMARTS) is 1. The summed E-state index contributed by atoms with van der Waals surface area (Å²) in [6, 6.07) is 0. The maximum atomic E-state index is 10.2. The summed E-state index contributed by atoms with van der Waals surface area (Å²) < 4.78 is 0. The Kier molecular flexibility index (Phi) is 6.72. The van der Waals surface area contributed by atoms with Gasteiger partial charge in [0.25, 0.3) is 0 Å². The summed E-state index contributed by atoms with van der Waals surface area (Å²) >= 11 is 0. The first kappa shape index (κ1) is 11.8. The van der Waals surface area contributed by atoms with Crippen LogP contribution in [0.3, 0.4) is 0 Å². The Bertz CT molecular complexity index is 230. The summed E-state index contributed by atoms with van der Waals surface area (Å²) in [6.07, 6.45) is 4.24. The van der Waals surface area contributed by atoms with Crippen molar-refractivity contribution < 1.29 is 9.90 Å². The van der Waals surface area contributed by atoms with E-state index in [2.05, 4.69) is 25.3 Å². The molecule has 13 heavy (non-hydrogen) atoms. The lowest BCUT2D eigenvalue weighted by molar-refractivity contribution is -0.136. The van der Waals surface area contributed by atoms with Crippen LogP contribution >= 0.6 is 0 Å². The predicted octanol–water partition coefficient (Wildman–Crippen LogP) is 2.60. The molecule has 0 bridgehead atoms. The zero-order valence-electron chi connectivity index (χ0n) is 8.10. The van der Waals surface area contributed by atoms with E-state index in [-0.39, 0.29) is 6.42 Å². The standard InChI is InChI=1S/C11H16O2/c1-3-4-5-6-7-8-10(2)9-11(12)13/h2-6,9H2,1H3,(H,12,13). The van der Waals surface area contributed by atoms with Gasteiger partial charge >= 0.3 is 5.97 Å². The maximum Gasteiger partial charge on any atom is 0.308 e. The molecule has 0 radical (unpaired) electrons. The number of hydrogen-bond donors (Lipinski definition) is 1. The van der Waals surface area contributed by atoms with Gasteiger partial charge in [0, 0.05) is 12.0 Å². The van der Waals surface area contributed by atoms with Crippen LogP contribution in [-0.4, -0.2) is 11.1 Å². The fraction of sp³-hybridized carbons (Fsp3) is 0.545. The number of carboxylic acids is 1. The number of carbonyl (C=O) groups is 1. The molecule has 2 nitrogen and oxygen atoms in total. The van der Waals surface area contributed by atoms with Crippen molar-refractivity contribution in [3.8, 4) is 11.8 Å². The van der Waals surface area contributed by atoms with Crippen LogP contribution in [-0.2, 0) is 4.79 Å². The molecule has 0 aromatic heterocycles. The van der Waals surface area contributed by atoms with E-state index in [4.69, 9.17) is 5.11 Å². The van der Waals surface area contributed by atoms with Crippen LogP contribution in [0.15, 0.2) is 12.2 Å². The number of aliphatic carboxylic acids is 1. The van der Waals surface area contributed by atoms with Crippen molar-refractivity contribution in [2.75, 3.05) is 0 Å². The van der Waals surface area contributed by atoms with Gasteiger partial charge in [0.15, 0.2) is 0 Å². The van der Waals surface area contributed by atoms with E-state index >= 15 is 0 Å². The van der Waals surface area contributed by atoms with Gasteiger partial charge in [0.2, 0.25) is 0 Å². The van der Waals surface area contributed by atoms with Crippen molar-refractivity contribution in [3.05, 3.63) is 12.2 Å². The highest BCUT2D eigenvalue weighted by molar-refractivity contribution is 5.71. The first-order valence-corrected chi connectivity index (χ1v) is 4.55. The quantitative estimate of drug-likeness (QED) is 0.521. The minimum absolute atomic E-state index is 0.0409. The predicted molar refractivity (Wildman–Crippen MR) is 53.3 cm³/mol. The largest absolute Gasteiger partial charge is 0.481 e. The van der Waals surface area contributed by atoms with Crippen molar-refractivity contribution in [2.45, 2.75) is 39.0 Å². The average Bonchev–Trinajstić information content (AvgIpc) is 2.02. The number of unbranched alkanes of at least 4 members (excludes halogenated alkanes) is 3. The molecule has 0 unspecified atom stereocenters. The molecule has 2 heteroatoms. The molecule has 0 saturated heterocycles. The Balaban J connectivity index is 3.57. The fourth-order valence-electron chi connectivity index (χ4n) is 0.878. The summed E-state index contributed by atoms with van der Waals surface area (Å²) in [4.78, 5) is 10.2. The highest BCUT2D eigenvalue weighted by Gasteiger charge is 1.96. The van der Waals surface area contributed by atoms with E-state index in [1.165, 1.54) is 12.8 Å². The van der Waals surface area contributed by atoms with Crippen LogP contribution in [0.1, 0.15) is 39.0 Å². The zero-order chi connectivity index (χ0) is 10.1. The molecule has 0 aliphatic heterocycles. The third-order valence-corrected chi connectivity index (χ3v) is 1.54. The molecule has 0 saturated carbocycles. The molecule has 0 heterocycles. The molecule has 0 atom stereocenters. The molecule has 0 aliphatic rings. The van der Waals surface area contributed by atoms with E-state index in [9.17, 15) is 4.79 Å². The highest BCUT2D eigenvalue weighted by atomic mass is 16.4. The van der Waals surface area contributed by atoms with Crippen molar-refractivity contribution in [1.29, 1.82) is 0 Å². The second-order valence-corrected chi connectivity index (χ2v) is 2.93. The summed E-state index contributed by atoms with van der Waals surface area (Å²) in [5.74, 6) is 4.79. The SMILES string of the molecule is C=C(C#CCCCCC)CC(=O)O. The normalized spacial score (nSPS) is 8.69. The molecule has 72 valence electrons. The van der Waals surface area contributed by atoms with E-state index in [1.54, 1.807) is 0 Å². The monoisotopic (exact) mass is 180 g/mol.